The van der Waals surface area contributed by atoms with Crippen LogP contribution in [0.25, 0.3) is 11.1 Å². The lowest BCUT2D eigenvalue weighted by Gasteiger charge is -2.05. The highest BCUT2D eigenvalue weighted by molar-refractivity contribution is 6.30. The summed E-state index contributed by atoms with van der Waals surface area (Å²) in [6.07, 6.45) is -2.99. The number of carbonyl (C=O) groups is 1. The van der Waals surface area contributed by atoms with Gasteiger partial charge in [-0.05, 0) is 29.3 Å². The summed E-state index contributed by atoms with van der Waals surface area (Å²) < 4.78 is 24.7. The van der Waals surface area contributed by atoms with Crippen LogP contribution >= 0.6 is 11.6 Å². The van der Waals surface area contributed by atoms with Crippen molar-refractivity contribution in [1.29, 1.82) is 0 Å². The van der Waals surface area contributed by atoms with Crippen LogP contribution in [-0.2, 0) is 0 Å². The number of hydrogen-bond donors (Lipinski definition) is 0. The second kappa shape index (κ2) is 5.27. The topological polar surface area (TPSA) is 17.1 Å². The number of carbonyl (C=O) groups excluding carboxylic acids is 1. The molecule has 2 aromatic rings. The zero-order valence-electron chi connectivity index (χ0n) is 9.24. The van der Waals surface area contributed by atoms with Gasteiger partial charge >= 0.3 is 6.43 Å². The summed E-state index contributed by atoms with van der Waals surface area (Å²) in [5.74, 6) is -1.17. The average molecular weight is 267 g/mol. The van der Waals surface area contributed by atoms with Gasteiger partial charge in [0.15, 0.2) is 0 Å². The van der Waals surface area contributed by atoms with Crippen LogP contribution in [-0.4, -0.2) is 12.2 Å². The van der Waals surface area contributed by atoms with Gasteiger partial charge in [-0.2, -0.15) is 0 Å². The summed E-state index contributed by atoms with van der Waals surface area (Å²) in [5, 5.41) is 0.554. The summed E-state index contributed by atoms with van der Waals surface area (Å²) in [4.78, 5) is 11.2. The summed E-state index contributed by atoms with van der Waals surface area (Å²) in [7, 11) is 0. The Morgan fingerprint density at radius 1 is 1.00 bits per heavy atom. The fraction of sp³-hybridized carbons (Fsp3) is 0.0714. The van der Waals surface area contributed by atoms with Crippen molar-refractivity contribution in [3.05, 3.63) is 59.1 Å². The monoisotopic (exact) mass is 266 g/mol. The Balaban J connectivity index is 2.42. The molecule has 92 valence electrons. The highest BCUT2D eigenvalue weighted by atomic mass is 35.5. The number of ketones is 1. The molecular weight excluding hydrogens is 258 g/mol. The molecule has 0 radical (unpaired) electrons. The maximum absolute atomic E-state index is 12.3. The van der Waals surface area contributed by atoms with Gasteiger partial charge in [-0.25, -0.2) is 8.78 Å². The van der Waals surface area contributed by atoms with Gasteiger partial charge in [-0.3, -0.25) is 4.79 Å². The minimum Gasteiger partial charge on any atom is -0.288 e. The number of halogens is 3. The van der Waals surface area contributed by atoms with Crippen molar-refractivity contribution in [3.63, 3.8) is 0 Å². The van der Waals surface area contributed by atoms with Gasteiger partial charge in [0.05, 0.1) is 0 Å². The lowest BCUT2D eigenvalue weighted by molar-refractivity contribution is 0.0679. The van der Waals surface area contributed by atoms with Crippen molar-refractivity contribution >= 4 is 17.4 Å². The third-order valence-corrected chi connectivity index (χ3v) is 2.74. The van der Waals surface area contributed by atoms with Crippen LogP contribution in [0.5, 0.6) is 0 Å². The highest BCUT2D eigenvalue weighted by Gasteiger charge is 2.17. The summed E-state index contributed by atoms with van der Waals surface area (Å²) in [6.45, 7) is 0. The summed E-state index contributed by atoms with van der Waals surface area (Å²) in [6, 6.07) is 13.1. The number of Topliss-reactive ketones (excluding diaryl/α,β-unsaturated/α-hetero) is 1. The van der Waals surface area contributed by atoms with Crippen molar-refractivity contribution < 1.29 is 13.6 Å². The molecule has 0 amide bonds. The Bertz CT molecular complexity index is 582. The van der Waals surface area contributed by atoms with Crippen LogP contribution in [0.3, 0.4) is 0 Å². The molecule has 0 heterocycles. The number of benzene rings is 2. The molecule has 0 fully saturated rings. The third-order valence-electron chi connectivity index (χ3n) is 2.50. The molecule has 0 atom stereocenters. The molecule has 1 nitrogen and oxygen atoms in total. The molecule has 18 heavy (non-hydrogen) atoms. The maximum atomic E-state index is 12.3. The maximum Gasteiger partial charge on any atom is 0.300 e. The Hall–Kier alpha value is -1.74. The Morgan fingerprint density at radius 2 is 1.61 bits per heavy atom. The average Bonchev–Trinajstić information content (AvgIpc) is 2.38. The lowest BCUT2D eigenvalue weighted by Crippen LogP contribution is -2.09. The molecule has 0 aliphatic carbocycles. The van der Waals surface area contributed by atoms with Gasteiger partial charge in [0, 0.05) is 10.6 Å². The van der Waals surface area contributed by atoms with E-state index in [4.69, 9.17) is 11.6 Å². The van der Waals surface area contributed by atoms with Gasteiger partial charge < -0.3 is 0 Å². The first-order valence-electron chi connectivity index (χ1n) is 5.26. The van der Waals surface area contributed by atoms with Crippen LogP contribution in [0.2, 0.25) is 5.02 Å². The first-order valence-corrected chi connectivity index (χ1v) is 5.64. The van der Waals surface area contributed by atoms with Crippen LogP contribution < -0.4 is 0 Å². The summed E-state index contributed by atoms with van der Waals surface area (Å²) >= 11 is 5.86. The van der Waals surface area contributed by atoms with E-state index in [9.17, 15) is 13.6 Å². The van der Waals surface area contributed by atoms with Crippen molar-refractivity contribution in [2.24, 2.45) is 0 Å². The van der Waals surface area contributed by atoms with E-state index in [0.29, 0.717) is 10.6 Å². The van der Waals surface area contributed by atoms with E-state index < -0.39 is 12.2 Å². The fourth-order valence-corrected chi connectivity index (χ4v) is 1.84. The highest BCUT2D eigenvalue weighted by Crippen LogP contribution is 2.24. The first kappa shape index (κ1) is 12.7. The SMILES string of the molecule is O=C(c1cccc(-c2cccc(Cl)c2)c1)C(F)F. The zero-order valence-corrected chi connectivity index (χ0v) is 9.99. The number of alkyl halides is 2. The summed E-state index contributed by atoms with van der Waals surface area (Å²) in [5.41, 5.74) is 1.47. The lowest BCUT2D eigenvalue weighted by atomic mass is 10.0. The third kappa shape index (κ3) is 2.74. The van der Waals surface area contributed by atoms with Crippen LogP contribution in [0.4, 0.5) is 8.78 Å². The second-order valence-electron chi connectivity index (χ2n) is 3.76. The molecule has 0 aliphatic heterocycles. The van der Waals surface area contributed by atoms with Crippen molar-refractivity contribution in [2.75, 3.05) is 0 Å². The predicted molar refractivity (Wildman–Crippen MR) is 67.2 cm³/mol. The number of rotatable bonds is 3. The molecule has 0 bridgehead atoms. The molecule has 2 rings (SSSR count). The number of hydrogen-bond acceptors (Lipinski definition) is 1. The van der Waals surface area contributed by atoms with Crippen LogP contribution in [0.15, 0.2) is 48.5 Å². The molecule has 4 heteroatoms. The van der Waals surface area contributed by atoms with E-state index >= 15 is 0 Å². The molecule has 0 unspecified atom stereocenters. The molecule has 0 spiro atoms. The van der Waals surface area contributed by atoms with Crippen molar-refractivity contribution in [2.45, 2.75) is 6.43 Å². The van der Waals surface area contributed by atoms with E-state index in [2.05, 4.69) is 0 Å². The Morgan fingerprint density at radius 3 is 2.22 bits per heavy atom. The van der Waals surface area contributed by atoms with Crippen LogP contribution in [0, 0.1) is 0 Å². The van der Waals surface area contributed by atoms with Gasteiger partial charge in [0.2, 0.25) is 5.78 Å². The molecule has 0 saturated heterocycles. The molecule has 0 saturated carbocycles. The van der Waals surface area contributed by atoms with E-state index in [-0.39, 0.29) is 5.56 Å². The van der Waals surface area contributed by atoms with Crippen molar-refractivity contribution in [3.8, 4) is 11.1 Å². The zero-order chi connectivity index (χ0) is 13.1. The molecule has 0 aliphatic rings. The van der Waals surface area contributed by atoms with Gasteiger partial charge in [0.1, 0.15) is 0 Å². The quantitative estimate of drug-likeness (QED) is 0.750. The Kier molecular flexibility index (Phi) is 3.72. The van der Waals surface area contributed by atoms with Crippen LogP contribution in [0.1, 0.15) is 10.4 Å². The van der Waals surface area contributed by atoms with E-state index in [1.807, 2.05) is 0 Å². The predicted octanol–water partition coefficient (Wildman–Crippen LogP) is 4.45. The minimum absolute atomic E-state index is 0.00229. The molecule has 0 N–H and O–H groups in total. The smallest absolute Gasteiger partial charge is 0.288 e. The van der Waals surface area contributed by atoms with Gasteiger partial charge in [-0.1, -0.05) is 41.9 Å². The Labute approximate surface area is 108 Å². The minimum atomic E-state index is -2.99. The normalized spacial score (nSPS) is 10.7. The largest absolute Gasteiger partial charge is 0.300 e. The molecular formula is C14H9ClF2O. The molecule has 0 aromatic heterocycles. The van der Waals surface area contributed by atoms with E-state index in [1.165, 1.54) is 12.1 Å². The van der Waals surface area contributed by atoms with Crippen molar-refractivity contribution in [1.82, 2.24) is 0 Å². The standard InChI is InChI=1S/C14H9ClF2O/c15-12-6-2-4-10(8-12)9-3-1-5-11(7-9)13(18)14(16)17/h1-8,14H. The first-order chi connectivity index (χ1) is 8.58. The van der Waals surface area contributed by atoms with E-state index in [0.717, 1.165) is 5.56 Å². The fourth-order valence-electron chi connectivity index (χ4n) is 1.65. The molecule has 2 aromatic carbocycles. The van der Waals surface area contributed by atoms with Gasteiger partial charge in [-0.15, -0.1) is 0 Å². The van der Waals surface area contributed by atoms with E-state index in [1.54, 1.807) is 36.4 Å². The van der Waals surface area contributed by atoms with Gasteiger partial charge in [0.25, 0.3) is 0 Å². The second-order valence-corrected chi connectivity index (χ2v) is 4.19.